The number of hydrogen-bond acceptors (Lipinski definition) is 3. The van der Waals surface area contributed by atoms with Crippen LogP contribution in [0.5, 0.6) is 11.5 Å². The molecule has 12 heavy (non-hydrogen) atoms. The van der Waals surface area contributed by atoms with Crippen molar-refractivity contribution in [2.24, 2.45) is 5.73 Å². The largest absolute Gasteiger partial charge is 0.508 e. The van der Waals surface area contributed by atoms with E-state index in [9.17, 15) is 5.11 Å². The van der Waals surface area contributed by atoms with Gasteiger partial charge in [-0.15, -0.1) is 0 Å². The minimum atomic E-state index is -0.0967. The molecule has 2 rings (SSSR count). The molecule has 1 aromatic rings. The van der Waals surface area contributed by atoms with Crippen molar-refractivity contribution in [3.05, 3.63) is 21.3 Å². The van der Waals surface area contributed by atoms with Gasteiger partial charge in [-0.2, -0.15) is 0 Å². The lowest BCUT2D eigenvalue weighted by atomic mass is 10.1. The van der Waals surface area contributed by atoms with E-state index in [2.05, 4.69) is 22.6 Å². The molecule has 1 aromatic carbocycles. The highest BCUT2D eigenvalue weighted by atomic mass is 127. The van der Waals surface area contributed by atoms with Crippen LogP contribution in [0.4, 0.5) is 0 Å². The molecule has 1 unspecified atom stereocenters. The standard InChI is InChI=1S/C8H8INO2/c9-6-2-4(11)1-5-7(10)3-12-8(5)6/h1-2,7,11H,3,10H2. The Bertz CT molecular complexity index is 327. The Kier molecular flexibility index (Phi) is 1.88. The number of phenols is 1. The van der Waals surface area contributed by atoms with Crippen molar-refractivity contribution in [3.8, 4) is 11.5 Å². The zero-order valence-electron chi connectivity index (χ0n) is 6.25. The summed E-state index contributed by atoms with van der Waals surface area (Å²) in [5, 5.41) is 9.28. The van der Waals surface area contributed by atoms with Gasteiger partial charge in [0.05, 0.1) is 9.61 Å². The third kappa shape index (κ3) is 1.15. The predicted molar refractivity (Wildman–Crippen MR) is 53.2 cm³/mol. The number of nitrogens with two attached hydrogens (primary N) is 1. The van der Waals surface area contributed by atoms with Crippen LogP contribution in [0.1, 0.15) is 11.6 Å². The summed E-state index contributed by atoms with van der Waals surface area (Å²) >= 11 is 2.12. The van der Waals surface area contributed by atoms with Gasteiger partial charge in [-0.3, -0.25) is 0 Å². The van der Waals surface area contributed by atoms with Crippen molar-refractivity contribution >= 4 is 22.6 Å². The third-order valence-electron chi connectivity index (χ3n) is 1.86. The number of rotatable bonds is 0. The fourth-order valence-corrected chi connectivity index (χ4v) is 2.08. The second-order valence-corrected chi connectivity index (χ2v) is 3.93. The van der Waals surface area contributed by atoms with Crippen LogP contribution >= 0.6 is 22.6 Å². The van der Waals surface area contributed by atoms with Crippen molar-refractivity contribution in [2.75, 3.05) is 6.61 Å². The summed E-state index contributed by atoms with van der Waals surface area (Å²) in [6.07, 6.45) is 0. The van der Waals surface area contributed by atoms with Gasteiger partial charge >= 0.3 is 0 Å². The molecule has 0 saturated carbocycles. The van der Waals surface area contributed by atoms with E-state index < -0.39 is 0 Å². The van der Waals surface area contributed by atoms with E-state index in [-0.39, 0.29) is 11.8 Å². The number of fused-ring (bicyclic) bond motifs is 1. The molecular weight excluding hydrogens is 269 g/mol. The number of halogens is 1. The van der Waals surface area contributed by atoms with Gasteiger partial charge in [0.1, 0.15) is 18.1 Å². The highest BCUT2D eigenvalue weighted by molar-refractivity contribution is 14.1. The van der Waals surface area contributed by atoms with E-state index in [1.165, 1.54) is 0 Å². The summed E-state index contributed by atoms with van der Waals surface area (Å²) in [6.45, 7) is 0.509. The molecule has 4 heteroatoms. The van der Waals surface area contributed by atoms with Gasteiger partial charge in [-0.1, -0.05) is 0 Å². The van der Waals surface area contributed by atoms with Crippen molar-refractivity contribution in [1.82, 2.24) is 0 Å². The van der Waals surface area contributed by atoms with Crippen LogP contribution in [-0.2, 0) is 0 Å². The first-order valence-corrected chi connectivity index (χ1v) is 4.67. The normalized spacial score (nSPS) is 20.3. The van der Waals surface area contributed by atoms with Gasteiger partial charge in [0.15, 0.2) is 0 Å². The third-order valence-corrected chi connectivity index (χ3v) is 2.67. The van der Waals surface area contributed by atoms with Gasteiger partial charge in [0.25, 0.3) is 0 Å². The molecule has 1 aliphatic rings. The van der Waals surface area contributed by atoms with Crippen LogP contribution in [0.3, 0.4) is 0 Å². The summed E-state index contributed by atoms with van der Waals surface area (Å²) in [7, 11) is 0. The minimum Gasteiger partial charge on any atom is -0.508 e. The average molecular weight is 277 g/mol. The molecule has 0 spiro atoms. The lowest BCUT2D eigenvalue weighted by molar-refractivity contribution is 0.331. The molecule has 64 valence electrons. The molecule has 1 heterocycles. The highest BCUT2D eigenvalue weighted by Crippen LogP contribution is 2.37. The van der Waals surface area contributed by atoms with Crippen LogP contribution in [0, 0.1) is 3.57 Å². The van der Waals surface area contributed by atoms with Crippen LogP contribution in [-0.4, -0.2) is 11.7 Å². The van der Waals surface area contributed by atoms with Gasteiger partial charge in [-0.05, 0) is 34.7 Å². The van der Waals surface area contributed by atoms with E-state index in [0.717, 1.165) is 14.9 Å². The summed E-state index contributed by atoms with van der Waals surface area (Å²) < 4.78 is 6.27. The Morgan fingerprint density at radius 1 is 1.58 bits per heavy atom. The minimum absolute atomic E-state index is 0.0967. The number of phenolic OH excluding ortho intramolecular Hbond substituents is 1. The highest BCUT2D eigenvalue weighted by Gasteiger charge is 2.23. The molecule has 0 aromatic heterocycles. The van der Waals surface area contributed by atoms with Crippen LogP contribution < -0.4 is 10.5 Å². The van der Waals surface area contributed by atoms with E-state index in [1.807, 2.05) is 0 Å². The SMILES string of the molecule is NC1COc2c(I)cc(O)cc21. The van der Waals surface area contributed by atoms with Gasteiger partial charge in [0, 0.05) is 5.56 Å². The molecule has 0 radical (unpaired) electrons. The maximum absolute atomic E-state index is 9.28. The predicted octanol–water partition coefficient (Wildman–Crippen LogP) is 1.39. The van der Waals surface area contributed by atoms with Crippen LogP contribution in [0.15, 0.2) is 12.1 Å². The monoisotopic (exact) mass is 277 g/mol. The number of benzene rings is 1. The molecular formula is C8H8INO2. The van der Waals surface area contributed by atoms with Crippen LogP contribution in [0.2, 0.25) is 0 Å². The molecule has 0 amide bonds. The number of aromatic hydroxyl groups is 1. The Balaban J connectivity index is 2.60. The second-order valence-electron chi connectivity index (χ2n) is 2.76. The van der Waals surface area contributed by atoms with Crippen molar-refractivity contribution in [1.29, 1.82) is 0 Å². The van der Waals surface area contributed by atoms with Gasteiger partial charge < -0.3 is 15.6 Å². The van der Waals surface area contributed by atoms with E-state index in [1.54, 1.807) is 12.1 Å². The maximum Gasteiger partial charge on any atom is 0.137 e. The number of ether oxygens (including phenoxy) is 1. The fraction of sp³-hybridized carbons (Fsp3) is 0.250. The van der Waals surface area contributed by atoms with E-state index in [0.29, 0.717) is 6.61 Å². The van der Waals surface area contributed by atoms with Crippen molar-refractivity contribution in [3.63, 3.8) is 0 Å². The lowest BCUT2D eigenvalue weighted by Crippen LogP contribution is -2.10. The molecule has 0 fully saturated rings. The Morgan fingerprint density at radius 2 is 2.33 bits per heavy atom. The Morgan fingerprint density at radius 3 is 3.08 bits per heavy atom. The fourth-order valence-electron chi connectivity index (χ4n) is 1.29. The van der Waals surface area contributed by atoms with Crippen molar-refractivity contribution in [2.45, 2.75) is 6.04 Å². The first kappa shape index (κ1) is 8.12. The molecule has 0 bridgehead atoms. The Labute approximate surface area is 83.7 Å². The van der Waals surface area contributed by atoms with Crippen LogP contribution in [0.25, 0.3) is 0 Å². The lowest BCUT2D eigenvalue weighted by Gasteiger charge is -2.03. The molecule has 3 nitrogen and oxygen atoms in total. The molecule has 1 atom stereocenters. The molecule has 1 aliphatic heterocycles. The van der Waals surface area contributed by atoms with Gasteiger partial charge in [0.2, 0.25) is 0 Å². The van der Waals surface area contributed by atoms with E-state index in [4.69, 9.17) is 10.5 Å². The van der Waals surface area contributed by atoms with Crippen molar-refractivity contribution < 1.29 is 9.84 Å². The summed E-state index contributed by atoms with van der Waals surface area (Å²) in [4.78, 5) is 0. The van der Waals surface area contributed by atoms with Gasteiger partial charge in [-0.25, -0.2) is 0 Å². The quantitative estimate of drug-likeness (QED) is 0.704. The second kappa shape index (κ2) is 2.77. The first-order valence-electron chi connectivity index (χ1n) is 3.59. The zero-order chi connectivity index (χ0) is 8.72. The number of hydrogen-bond donors (Lipinski definition) is 2. The average Bonchev–Trinajstić information content (AvgIpc) is 2.33. The summed E-state index contributed by atoms with van der Waals surface area (Å²) in [6, 6.07) is 3.23. The zero-order valence-corrected chi connectivity index (χ0v) is 8.41. The maximum atomic E-state index is 9.28. The smallest absolute Gasteiger partial charge is 0.137 e. The summed E-state index contributed by atoms with van der Waals surface area (Å²) in [5.41, 5.74) is 6.65. The van der Waals surface area contributed by atoms with E-state index >= 15 is 0 Å². The Hall–Kier alpha value is -0.490. The molecule has 3 N–H and O–H groups in total. The topological polar surface area (TPSA) is 55.5 Å². The first-order chi connectivity index (χ1) is 5.68. The summed E-state index contributed by atoms with van der Waals surface area (Å²) in [5.74, 6) is 1.07. The molecule has 0 aliphatic carbocycles. The molecule has 0 saturated heterocycles.